The lowest BCUT2D eigenvalue weighted by atomic mass is 9.94. The highest BCUT2D eigenvalue weighted by Gasteiger charge is 2.16. The largest absolute Gasteiger partial charge is 0.303 e. The summed E-state index contributed by atoms with van der Waals surface area (Å²) in [6.07, 6.45) is 8.15. The molecular formula is C17H27N. The molecule has 1 aliphatic heterocycles. The molecule has 0 spiro atoms. The maximum Gasteiger partial charge on any atom is -0.00161 e. The summed E-state index contributed by atoms with van der Waals surface area (Å²) < 4.78 is 0. The molecule has 1 aliphatic rings. The van der Waals surface area contributed by atoms with Crippen LogP contribution in [0.3, 0.4) is 0 Å². The molecule has 1 fully saturated rings. The molecule has 0 amide bonds. The monoisotopic (exact) mass is 245 g/mol. The Morgan fingerprint density at radius 2 is 1.78 bits per heavy atom. The lowest BCUT2D eigenvalue weighted by Gasteiger charge is -2.31. The van der Waals surface area contributed by atoms with Crippen LogP contribution >= 0.6 is 0 Å². The first kappa shape index (κ1) is 13.6. The first-order valence-electron chi connectivity index (χ1n) is 7.64. The van der Waals surface area contributed by atoms with Crippen molar-refractivity contribution in [2.24, 2.45) is 5.92 Å². The van der Waals surface area contributed by atoms with Crippen LogP contribution in [-0.2, 0) is 6.42 Å². The van der Waals surface area contributed by atoms with E-state index in [2.05, 4.69) is 42.2 Å². The first-order chi connectivity index (χ1) is 8.88. The number of nitrogens with zero attached hydrogens (tertiary/aromatic N) is 1. The van der Waals surface area contributed by atoms with E-state index in [4.69, 9.17) is 0 Å². The predicted octanol–water partition coefficient (Wildman–Crippen LogP) is 4.13. The Balaban J connectivity index is 1.56. The van der Waals surface area contributed by atoms with Crippen LogP contribution in [0.1, 0.15) is 44.6 Å². The molecule has 100 valence electrons. The van der Waals surface area contributed by atoms with Gasteiger partial charge < -0.3 is 4.90 Å². The maximum atomic E-state index is 2.66. The van der Waals surface area contributed by atoms with E-state index in [1.165, 1.54) is 63.7 Å². The van der Waals surface area contributed by atoms with Crippen LogP contribution in [-0.4, -0.2) is 24.5 Å². The van der Waals surface area contributed by atoms with Crippen molar-refractivity contribution in [2.75, 3.05) is 19.6 Å². The van der Waals surface area contributed by atoms with Crippen molar-refractivity contribution in [3.8, 4) is 0 Å². The summed E-state index contributed by atoms with van der Waals surface area (Å²) in [4.78, 5) is 2.66. The number of aryl methyl sites for hydroxylation is 1. The third-order valence-electron chi connectivity index (χ3n) is 4.32. The van der Waals surface area contributed by atoms with Crippen LogP contribution in [0.15, 0.2) is 30.3 Å². The number of hydrogen-bond acceptors (Lipinski definition) is 1. The Hall–Kier alpha value is -0.820. The molecule has 2 rings (SSSR count). The summed E-state index contributed by atoms with van der Waals surface area (Å²) in [6.45, 7) is 6.32. The van der Waals surface area contributed by atoms with Gasteiger partial charge in [0.25, 0.3) is 0 Å². The summed E-state index contributed by atoms with van der Waals surface area (Å²) in [5, 5.41) is 0. The van der Waals surface area contributed by atoms with Crippen molar-refractivity contribution in [1.82, 2.24) is 4.90 Å². The fourth-order valence-electron chi connectivity index (χ4n) is 2.93. The van der Waals surface area contributed by atoms with Crippen LogP contribution in [0.2, 0.25) is 0 Å². The molecule has 0 N–H and O–H groups in total. The third kappa shape index (κ3) is 4.45. The zero-order valence-electron chi connectivity index (χ0n) is 11.8. The quantitative estimate of drug-likeness (QED) is 0.681. The topological polar surface area (TPSA) is 3.24 Å². The molecule has 0 aromatic heterocycles. The van der Waals surface area contributed by atoms with Gasteiger partial charge in [0, 0.05) is 0 Å². The van der Waals surface area contributed by atoms with Crippen molar-refractivity contribution in [3.05, 3.63) is 35.9 Å². The van der Waals surface area contributed by atoms with Gasteiger partial charge in [0.15, 0.2) is 0 Å². The van der Waals surface area contributed by atoms with Gasteiger partial charge in [0.2, 0.25) is 0 Å². The van der Waals surface area contributed by atoms with Crippen LogP contribution in [0, 0.1) is 5.92 Å². The maximum absolute atomic E-state index is 2.66. The molecule has 1 nitrogen and oxygen atoms in total. The molecule has 0 radical (unpaired) electrons. The van der Waals surface area contributed by atoms with Crippen molar-refractivity contribution in [1.29, 1.82) is 0 Å². The minimum atomic E-state index is 1.01. The Labute approximate surface area is 112 Å². The molecular weight excluding hydrogens is 218 g/mol. The van der Waals surface area contributed by atoms with Crippen molar-refractivity contribution < 1.29 is 0 Å². The van der Waals surface area contributed by atoms with E-state index >= 15 is 0 Å². The molecule has 18 heavy (non-hydrogen) atoms. The van der Waals surface area contributed by atoms with Gasteiger partial charge in [-0.15, -0.1) is 0 Å². The normalized spacial score (nSPS) is 18.1. The molecule has 1 saturated heterocycles. The molecule has 0 atom stereocenters. The first-order valence-corrected chi connectivity index (χ1v) is 7.64. The molecule has 0 aliphatic carbocycles. The summed E-state index contributed by atoms with van der Waals surface area (Å²) in [5.74, 6) is 1.01. The number of piperidine rings is 1. The molecule has 0 unspecified atom stereocenters. The fraction of sp³-hybridized carbons (Fsp3) is 0.647. The second kappa shape index (κ2) is 7.58. The Kier molecular flexibility index (Phi) is 5.73. The Morgan fingerprint density at radius 1 is 1.06 bits per heavy atom. The SMILES string of the molecule is CCC1CCN(CCCCc2ccccc2)CC1. The van der Waals surface area contributed by atoms with Gasteiger partial charge in [-0.3, -0.25) is 0 Å². The van der Waals surface area contributed by atoms with Crippen molar-refractivity contribution in [3.63, 3.8) is 0 Å². The van der Waals surface area contributed by atoms with Gasteiger partial charge in [0.1, 0.15) is 0 Å². The lowest BCUT2D eigenvalue weighted by Crippen LogP contribution is -2.34. The third-order valence-corrected chi connectivity index (χ3v) is 4.32. The van der Waals surface area contributed by atoms with Crippen LogP contribution in [0.4, 0.5) is 0 Å². The minimum absolute atomic E-state index is 1.01. The number of likely N-dealkylation sites (tertiary alicyclic amines) is 1. The van der Waals surface area contributed by atoms with Gasteiger partial charge in [-0.25, -0.2) is 0 Å². The van der Waals surface area contributed by atoms with Crippen LogP contribution in [0.25, 0.3) is 0 Å². The van der Waals surface area contributed by atoms with Crippen molar-refractivity contribution in [2.45, 2.75) is 45.4 Å². The average molecular weight is 245 g/mol. The number of benzene rings is 1. The highest BCUT2D eigenvalue weighted by atomic mass is 15.1. The minimum Gasteiger partial charge on any atom is -0.303 e. The smallest absolute Gasteiger partial charge is 0.00161 e. The molecule has 1 heterocycles. The van der Waals surface area contributed by atoms with E-state index in [9.17, 15) is 0 Å². The summed E-state index contributed by atoms with van der Waals surface area (Å²) in [6, 6.07) is 10.9. The number of hydrogen-bond donors (Lipinski definition) is 0. The second-order valence-electron chi connectivity index (χ2n) is 5.64. The highest BCUT2D eigenvalue weighted by Crippen LogP contribution is 2.20. The van der Waals surface area contributed by atoms with Gasteiger partial charge in [-0.2, -0.15) is 0 Å². The molecule has 1 aromatic carbocycles. The Bertz CT molecular complexity index is 312. The van der Waals surface area contributed by atoms with Gasteiger partial charge in [-0.05, 0) is 63.2 Å². The van der Waals surface area contributed by atoms with Gasteiger partial charge in [-0.1, -0.05) is 43.7 Å². The predicted molar refractivity (Wildman–Crippen MR) is 78.8 cm³/mol. The van der Waals surface area contributed by atoms with Crippen molar-refractivity contribution >= 4 is 0 Å². The fourth-order valence-corrected chi connectivity index (χ4v) is 2.93. The summed E-state index contributed by atoms with van der Waals surface area (Å²) in [7, 11) is 0. The second-order valence-corrected chi connectivity index (χ2v) is 5.64. The standard InChI is InChI=1S/C17H27N/c1-2-16-11-14-18(15-12-16)13-7-6-10-17-8-4-3-5-9-17/h3-5,8-9,16H,2,6-7,10-15H2,1H3. The zero-order chi connectivity index (χ0) is 12.6. The highest BCUT2D eigenvalue weighted by molar-refractivity contribution is 5.14. The van der Waals surface area contributed by atoms with Crippen LogP contribution in [0.5, 0.6) is 0 Å². The summed E-state index contributed by atoms with van der Waals surface area (Å²) >= 11 is 0. The number of unbranched alkanes of at least 4 members (excludes halogenated alkanes) is 1. The van der Waals surface area contributed by atoms with Gasteiger partial charge >= 0.3 is 0 Å². The zero-order valence-corrected chi connectivity index (χ0v) is 11.8. The number of rotatable bonds is 6. The van der Waals surface area contributed by atoms with Gasteiger partial charge in [0.05, 0.1) is 0 Å². The Morgan fingerprint density at radius 3 is 2.44 bits per heavy atom. The molecule has 0 bridgehead atoms. The van der Waals surface area contributed by atoms with E-state index in [0.29, 0.717) is 0 Å². The lowest BCUT2D eigenvalue weighted by molar-refractivity contribution is 0.179. The molecule has 1 aromatic rings. The van der Waals surface area contributed by atoms with E-state index in [-0.39, 0.29) is 0 Å². The summed E-state index contributed by atoms with van der Waals surface area (Å²) in [5.41, 5.74) is 1.49. The molecule has 1 heteroatoms. The average Bonchev–Trinajstić information content (AvgIpc) is 2.45. The van der Waals surface area contributed by atoms with E-state index < -0.39 is 0 Å². The van der Waals surface area contributed by atoms with E-state index in [1.807, 2.05) is 0 Å². The van der Waals surface area contributed by atoms with E-state index in [1.54, 1.807) is 0 Å². The van der Waals surface area contributed by atoms with Crippen LogP contribution < -0.4 is 0 Å². The molecule has 0 saturated carbocycles. The van der Waals surface area contributed by atoms with E-state index in [0.717, 1.165) is 5.92 Å².